The monoisotopic (exact) mass is 360 g/mol. The van der Waals surface area contributed by atoms with E-state index in [4.69, 9.17) is 21.1 Å². The molecule has 1 N–H and O–H groups in total. The third kappa shape index (κ3) is 2.90. The van der Waals surface area contributed by atoms with Gasteiger partial charge in [-0.3, -0.25) is 4.79 Å². The quantitative estimate of drug-likeness (QED) is 0.774. The topological polar surface area (TPSA) is 60.5 Å². The minimum atomic E-state index is -0.229. The zero-order valence-electron chi connectivity index (χ0n) is 12.5. The third-order valence-electron chi connectivity index (χ3n) is 3.60. The Balaban J connectivity index is 1.50. The molecule has 2 aromatic carbocycles. The van der Waals surface area contributed by atoms with Crippen molar-refractivity contribution < 1.29 is 14.3 Å². The summed E-state index contributed by atoms with van der Waals surface area (Å²) in [7, 11) is 0. The molecule has 1 aliphatic heterocycles. The van der Waals surface area contributed by atoms with Crippen LogP contribution in [0.15, 0.2) is 36.4 Å². The Bertz CT molecular complexity index is 892. The van der Waals surface area contributed by atoms with E-state index in [2.05, 4.69) is 10.3 Å². The van der Waals surface area contributed by atoms with Crippen molar-refractivity contribution >= 4 is 39.1 Å². The molecule has 0 fully saturated rings. The number of nitrogens with one attached hydrogen (secondary N) is 1. The van der Waals surface area contributed by atoms with E-state index in [0.29, 0.717) is 41.8 Å². The largest absolute Gasteiger partial charge is 0.486 e. The van der Waals surface area contributed by atoms with Crippen molar-refractivity contribution in [3.8, 4) is 11.5 Å². The first-order valence-electron chi connectivity index (χ1n) is 7.42. The standard InChI is InChI=1S/C17H13ClN2O3S/c18-11-7-10(8-13-16(11)23-6-5-22-13)17(21)19-9-15-20-12-3-1-2-4-14(12)24-15/h1-4,7-8H,5-6,9H2,(H,19,21). The number of halogens is 1. The molecule has 0 spiro atoms. The number of benzene rings is 2. The molecule has 0 atom stereocenters. The van der Waals surface area contributed by atoms with Gasteiger partial charge >= 0.3 is 0 Å². The molecular formula is C17H13ClN2O3S. The number of hydrogen-bond donors (Lipinski definition) is 1. The normalized spacial score (nSPS) is 13.0. The summed E-state index contributed by atoms with van der Waals surface area (Å²) in [5, 5.41) is 4.09. The van der Waals surface area contributed by atoms with Crippen molar-refractivity contribution in [2.75, 3.05) is 13.2 Å². The predicted octanol–water partition coefficient (Wildman–Crippen LogP) is 3.65. The second-order valence-corrected chi connectivity index (χ2v) is 6.76. The first-order chi connectivity index (χ1) is 11.7. The van der Waals surface area contributed by atoms with Gasteiger partial charge in [-0.15, -0.1) is 11.3 Å². The van der Waals surface area contributed by atoms with Crippen molar-refractivity contribution in [3.63, 3.8) is 0 Å². The van der Waals surface area contributed by atoms with Crippen molar-refractivity contribution in [1.29, 1.82) is 0 Å². The van der Waals surface area contributed by atoms with Crippen LogP contribution in [0.3, 0.4) is 0 Å². The molecule has 4 rings (SSSR count). The van der Waals surface area contributed by atoms with Gasteiger partial charge in [0.25, 0.3) is 5.91 Å². The molecule has 1 aliphatic rings. The zero-order chi connectivity index (χ0) is 16.5. The van der Waals surface area contributed by atoms with E-state index < -0.39 is 0 Å². The number of fused-ring (bicyclic) bond motifs is 2. The number of amides is 1. The van der Waals surface area contributed by atoms with Gasteiger partial charge in [-0.25, -0.2) is 4.98 Å². The van der Waals surface area contributed by atoms with Gasteiger partial charge in [0, 0.05) is 5.56 Å². The summed E-state index contributed by atoms with van der Waals surface area (Å²) < 4.78 is 12.1. The Morgan fingerprint density at radius 3 is 2.96 bits per heavy atom. The van der Waals surface area contributed by atoms with E-state index in [1.165, 1.54) is 0 Å². The van der Waals surface area contributed by atoms with Gasteiger partial charge in [0.05, 0.1) is 21.8 Å². The summed E-state index contributed by atoms with van der Waals surface area (Å²) in [4.78, 5) is 16.9. The number of hydrogen-bond acceptors (Lipinski definition) is 5. The number of nitrogens with zero attached hydrogens (tertiary/aromatic N) is 1. The SMILES string of the molecule is O=C(NCc1nc2ccccc2s1)c1cc(Cl)c2c(c1)OCCO2. The summed E-state index contributed by atoms with van der Waals surface area (Å²) in [6, 6.07) is 11.1. The number of rotatable bonds is 3. The van der Waals surface area contributed by atoms with Crippen LogP contribution in [0.5, 0.6) is 11.5 Å². The molecule has 0 saturated heterocycles. The fourth-order valence-electron chi connectivity index (χ4n) is 2.50. The molecule has 1 aromatic heterocycles. The molecule has 122 valence electrons. The van der Waals surface area contributed by atoms with Crippen LogP contribution < -0.4 is 14.8 Å². The highest BCUT2D eigenvalue weighted by atomic mass is 35.5. The Kier molecular flexibility index (Phi) is 4.00. The molecule has 0 radical (unpaired) electrons. The minimum Gasteiger partial charge on any atom is -0.486 e. The van der Waals surface area contributed by atoms with Crippen molar-refractivity contribution in [2.24, 2.45) is 0 Å². The van der Waals surface area contributed by atoms with Gasteiger partial charge < -0.3 is 14.8 Å². The van der Waals surface area contributed by atoms with Crippen LogP contribution in [0, 0.1) is 0 Å². The van der Waals surface area contributed by atoms with E-state index >= 15 is 0 Å². The number of carbonyl (C=O) groups is 1. The molecular weight excluding hydrogens is 348 g/mol. The van der Waals surface area contributed by atoms with Crippen LogP contribution in [-0.4, -0.2) is 24.1 Å². The lowest BCUT2D eigenvalue weighted by Gasteiger charge is -2.20. The highest BCUT2D eigenvalue weighted by Gasteiger charge is 2.19. The van der Waals surface area contributed by atoms with Crippen LogP contribution in [0.25, 0.3) is 10.2 Å². The second-order valence-electron chi connectivity index (χ2n) is 5.24. The molecule has 5 nitrogen and oxygen atoms in total. The molecule has 0 saturated carbocycles. The Morgan fingerprint density at radius 1 is 1.25 bits per heavy atom. The highest BCUT2D eigenvalue weighted by Crippen LogP contribution is 2.38. The Morgan fingerprint density at radius 2 is 2.08 bits per heavy atom. The van der Waals surface area contributed by atoms with E-state index in [0.717, 1.165) is 15.2 Å². The van der Waals surface area contributed by atoms with Gasteiger partial charge in [0.15, 0.2) is 11.5 Å². The highest BCUT2D eigenvalue weighted by molar-refractivity contribution is 7.18. The smallest absolute Gasteiger partial charge is 0.251 e. The second kappa shape index (κ2) is 6.30. The molecule has 0 aliphatic carbocycles. The number of thiazole rings is 1. The molecule has 0 bridgehead atoms. The van der Waals surface area contributed by atoms with E-state index in [-0.39, 0.29) is 5.91 Å². The van der Waals surface area contributed by atoms with E-state index in [9.17, 15) is 4.79 Å². The summed E-state index contributed by atoms with van der Waals surface area (Å²) >= 11 is 7.73. The number of ether oxygens (including phenoxy) is 2. The molecule has 24 heavy (non-hydrogen) atoms. The van der Waals surface area contributed by atoms with Crippen LogP contribution in [0.1, 0.15) is 15.4 Å². The molecule has 1 amide bonds. The molecule has 7 heteroatoms. The zero-order valence-corrected chi connectivity index (χ0v) is 14.1. The minimum absolute atomic E-state index is 0.229. The van der Waals surface area contributed by atoms with Crippen molar-refractivity contribution in [2.45, 2.75) is 6.54 Å². The van der Waals surface area contributed by atoms with Crippen LogP contribution in [0.2, 0.25) is 5.02 Å². The van der Waals surface area contributed by atoms with E-state index in [1.54, 1.807) is 23.5 Å². The average molecular weight is 361 g/mol. The molecule has 0 unspecified atom stereocenters. The first kappa shape index (κ1) is 15.2. The van der Waals surface area contributed by atoms with Crippen LogP contribution >= 0.6 is 22.9 Å². The fraction of sp³-hybridized carbons (Fsp3) is 0.176. The number of carbonyl (C=O) groups excluding carboxylic acids is 1. The number of aromatic nitrogens is 1. The summed E-state index contributed by atoms with van der Waals surface area (Å²) in [6.07, 6.45) is 0. The van der Waals surface area contributed by atoms with E-state index in [1.807, 2.05) is 24.3 Å². The van der Waals surface area contributed by atoms with Crippen LogP contribution in [0.4, 0.5) is 0 Å². The third-order valence-corrected chi connectivity index (χ3v) is 4.91. The Labute approximate surface area is 147 Å². The summed E-state index contributed by atoms with van der Waals surface area (Å²) in [5.74, 6) is 0.762. The fourth-order valence-corrected chi connectivity index (χ4v) is 3.67. The van der Waals surface area contributed by atoms with Crippen molar-refractivity contribution in [1.82, 2.24) is 10.3 Å². The molecule has 2 heterocycles. The van der Waals surface area contributed by atoms with Gasteiger partial charge in [0.1, 0.15) is 18.2 Å². The maximum Gasteiger partial charge on any atom is 0.251 e. The average Bonchev–Trinajstić information content (AvgIpc) is 3.02. The van der Waals surface area contributed by atoms with Gasteiger partial charge in [-0.1, -0.05) is 23.7 Å². The van der Waals surface area contributed by atoms with Gasteiger partial charge in [-0.2, -0.15) is 0 Å². The van der Waals surface area contributed by atoms with Crippen LogP contribution in [-0.2, 0) is 6.54 Å². The van der Waals surface area contributed by atoms with Gasteiger partial charge in [-0.05, 0) is 24.3 Å². The maximum absolute atomic E-state index is 12.4. The lowest BCUT2D eigenvalue weighted by atomic mass is 10.2. The maximum atomic E-state index is 12.4. The van der Waals surface area contributed by atoms with Crippen molar-refractivity contribution in [3.05, 3.63) is 52.0 Å². The summed E-state index contributed by atoms with van der Waals surface area (Å²) in [6.45, 7) is 1.26. The first-order valence-corrected chi connectivity index (χ1v) is 8.62. The lowest BCUT2D eigenvalue weighted by molar-refractivity contribution is 0.0949. The Hall–Kier alpha value is -2.31. The molecule has 3 aromatic rings. The lowest BCUT2D eigenvalue weighted by Crippen LogP contribution is -2.23. The number of para-hydroxylation sites is 1. The summed E-state index contributed by atoms with van der Waals surface area (Å²) in [5.41, 5.74) is 1.37. The predicted molar refractivity (Wildman–Crippen MR) is 93.2 cm³/mol. The van der Waals surface area contributed by atoms with Gasteiger partial charge in [0.2, 0.25) is 0 Å².